The van der Waals surface area contributed by atoms with Gasteiger partial charge < -0.3 is 18.9 Å². The number of hydrogen-bond donors (Lipinski definition) is 0. The van der Waals surface area contributed by atoms with Gasteiger partial charge in [-0.3, -0.25) is 4.79 Å². The summed E-state index contributed by atoms with van der Waals surface area (Å²) >= 11 is 0. The predicted octanol–water partition coefficient (Wildman–Crippen LogP) is 4.47. The number of aromatic nitrogens is 1. The Morgan fingerprint density at radius 1 is 0.964 bits per heavy atom. The van der Waals surface area contributed by atoms with Crippen LogP contribution in [0.2, 0.25) is 0 Å². The summed E-state index contributed by atoms with van der Waals surface area (Å²) in [7, 11) is 3.26. The van der Waals surface area contributed by atoms with Crippen LogP contribution in [0.3, 0.4) is 0 Å². The van der Waals surface area contributed by atoms with Gasteiger partial charge in [0, 0.05) is 30.2 Å². The molecular weight excluding hydrogens is 352 g/mol. The van der Waals surface area contributed by atoms with Crippen molar-refractivity contribution in [1.29, 1.82) is 0 Å². The van der Waals surface area contributed by atoms with Gasteiger partial charge in [0.15, 0.2) is 11.5 Å². The van der Waals surface area contributed by atoms with E-state index in [0.717, 1.165) is 30.6 Å². The Labute approximate surface area is 165 Å². The molecule has 1 aromatic heterocycles. The minimum atomic E-state index is 0.0523. The van der Waals surface area contributed by atoms with Crippen LogP contribution in [0.25, 0.3) is 5.69 Å². The average molecular weight is 376 g/mol. The molecule has 1 unspecified atom stereocenters. The van der Waals surface area contributed by atoms with Crippen LogP contribution in [-0.4, -0.2) is 36.1 Å². The maximum atomic E-state index is 13.2. The molecule has 28 heavy (non-hydrogen) atoms. The van der Waals surface area contributed by atoms with Crippen molar-refractivity contribution in [2.75, 3.05) is 20.8 Å². The third-order valence-corrected chi connectivity index (χ3v) is 5.32. The summed E-state index contributed by atoms with van der Waals surface area (Å²) in [5.74, 6) is 1.45. The number of carbonyl (C=O) groups excluding carboxylic acids is 1. The van der Waals surface area contributed by atoms with Gasteiger partial charge in [0.05, 0.1) is 20.3 Å². The molecule has 2 aromatic carbocycles. The fourth-order valence-corrected chi connectivity index (χ4v) is 3.87. The Morgan fingerprint density at radius 3 is 2.36 bits per heavy atom. The molecule has 0 radical (unpaired) electrons. The lowest BCUT2D eigenvalue weighted by atomic mass is 10.0. The molecule has 144 valence electrons. The van der Waals surface area contributed by atoms with Crippen molar-refractivity contribution < 1.29 is 14.3 Å². The highest BCUT2D eigenvalue weighted by Crippen LogP contribution is 2.37. The Bertz CT molecular complexity index is 948. The Balaban J connectivity index is 1.57. The number of likely N-dealkylation sites (tertiary alicyclic amines) is 1. The first-order valence-corrected chi connectivity index (χ1v) is 9.47. The zero-order valence-electron chi connectivity index (χ0n) is 16.2. The second-order valence-corrected chi connectivity index (χ2v) is 6.91. The van der Waals surface area contributed by atoms with Crippen LogP contribution < -0.4 is 9.47 Å². The maximum Gasteiger partial charge on any atom is 0.254 e. The van der Waals surface area contributed by atoms with Gasteiger partial charge in [-0.25, -0.2) is 0 Å². The molecule has 4 rings (SSSR count). The molecule has 0 spiro atoms. The smallest absolute Gasteiger partial charge is 0.254 e. The van der Waals surface area contributed by atoms with E-state index in [-0.39, 0.29) is 11.9 Å². The van der Waals surface area contributed by atoms with Crippen LogP contribution in [0, 0.1) is 0 Å². The number of methoxy groups -OCH3 is 2. The third-order valence-electron chi connectivity index (χ3n) is 5.32. The van der Waals surface area contributed by atoms with Gasteiger partial charge in [-0.15, -0.1) is 0 Å². The number of hydrogen-bond acceptors (Lipinski definition) is 3. The number of nitrogens with zero attached hydrogens (tertiary/aromatic N) is 2. The van der Waals surface area contributed by atoms with Crippen molar-refractivity contribution in [3.8, 4) is 17.2 Å². The van der Waals surface area contributed by atoms with E-state index in [1.165, 1.54) is 0 Å². The van der Waals surface area contributed by atoms with E-state index in [1.54, 1.807) is 14.2 Å². The molecule has 0 bridgehead atoms. The topological polar surface area (TPSA) is 43.7 Å². The van der Waals surface area contributed by atoms with Gasteiger partial charge in [-0.2, -0.15) is 0 Å². The monoisotopic (exact) mass is 376 g/mol. The highest BCUT2D eigenvalue weighted by molar-refractivity contribution is 5.94. The standard InChI is InChI=1S/C23H24N2O3/c1-27-21-12-9-18(16-22(21)28-2)20-6-5-15-25(20)23(26)17-7-10-19(11-8-17)24-13-3-4-14-24/h3-4,7-14,16,20H,5-6,15H2,1-2H3. The Hall–Kier alpha value is -3.21. The van der Waals surface area contributed by atoms with E-state index < -0.39 is 0 Å². The second kappa shape index (κ2) is 7.80. The predicted molar refractivity (Wildman–Crippen MR) is 108 cm³/mol. The van der Waals surface area contributed by atoms with E-state index in [0.29, 0.717) is 17.1 Å². The van der Waals surface area contributed by atoms with E-state index in [4.69, 9.17) is 9.47 Å². The first-order valence-electron chi connectivity index (χ1n) is 9.47. The number of ether oxygens (including phenoxy) is 2. The molecule has 1 aliphatic heterocycles. The largest absolute Gasteiger partial charge is 0.493 e. The summed E-state index contributed by atoms with van der Waals surface area (Å²) in [6, 6.07) is 17.7. The summed E-state index contributed by atoms with van der Waals surface area (Å²) < 4.78 is 12.8. The lowest BCUT2D eigenvalue weighted by molar-refractivity contribution is 0.0735. The molecule has 1 amide bonds. The van der Waals surface area contributed by atoms with Crippen molar-refractivity contribution in [3.05, 3.63) is 78.1 Å². The fourth-order valence-electron chi connectivity index (χ4n) is 3.87. The number of benzene rings is 2. The molecule has 0 aliphatic carbocycles. The van der Waals surface area contributed by atoms with Gasteiger partial charge in [0.2, 0.25) is 0 Å². The van der Waals surface area contributed by atoms with Crippen LogP contribution in [0.1, 0.15) is 34.8 Å². The second-order valence-electron chi connectivity index (χ2n) is 6.91. The summed E-state index contributed by atoms with van der Waals surface area (Å²) in [4.78, 5) is 15.1. The van der Waals surface area contributed by atoms with Crippen molar-refractivity contribution in [2.24, 2.45) is 0 Å². The number of amides is 1. The molecule has 0 N–H and O–H groups in total. The lowest BCUT2D eigenvalue weighted by Gasteiger charge is -2.26. The Morgan fingerprint density at radius 2 is 1.68 bits per heavy atom. The van der Waals surface area contributed by atoms with Crippen molar-refractivity contribution in [1.82, 2.24) is 9.47 Å². The van der Waals surface area contributed by atoms with Gasteiger partial charge in [-0.05, 0) is 66.9 Å². The summed E-state index contributed by atoms with van der Waals surface area (Å²) in [5, 5.41) is 0. The molecule has 5 nitrogen and oxygen atoms in total. The number of rotatable bonds is 5. The van der Waals surface area contributed by atoms with Gasteiger partial charge in [0.25, 0.3) is 5.91 Å². The first kappa shape index (κ1) is 18.2. The first-order chi connectivity index (χ1) is 13.7. The molecule has 1 saturated heterocycles. The zero-order chi connectivity index (χ0) is 19.5. The van der Waals surface area contributed by atoms with Crippen LogP contribution >= 0.6 is 0 Å². The van der Waals surface area contributed by atoms with Crippen molar-refractivity contribution >= 4 is 5.91 Å². The van der Waals surface area contributed by atoms with Gasteiger partial charge in [-0.1, -0.05) is 6.07 Å². The Kier molecular flexibility index (Phi) is 5.06. The van der Waals surface area contributed by atoms with E-state index in [2.05, 4.69) is 0 Å². The molecule has 1 fully saturated rings. The highest BCUT2D eigenvalue weighted by Gasteiger charge is 2.31. The zero-order valence-corrected chi connectivity index (χ0v) is 16.2. The maximum absolute atomic E-state index is 13.2. The normalized spacial score (nSPS) is 16.2. The molecule has 0 saturated carbocycles. The molecule has 1 atom stereocenters. The van der Waals surface area contributed by atoms with Crippen LogP contribution in [-0.2, 0) is 0 Å². The molecule has 2 heterocycles. The highest BCUT2D eigenvalue weighted by atomic mass is 16.5. The van der Waals surface area contributed by atoms with Crippen LogP contribution in [0.5, 0.6) is 11.5 Å². The van der Waals surface area contributed by atoms with Crippen molar-refractivity contribution in [2.45, 2.75) is 18.9 Å². The number of carbonyl (C=O) groups is 1. The lowest BCUT2D eigenvalue weighted by Crippen LogP contribution is -2.30. The molecule has 5 heteroatoms. The fraction of sp³-hybridized carbons (Fsp3) is 0.261. The minimum absolute atomic E-state index is 0.0523. The summed E-state index contributed by atoms with van der Waals surface area (Å²) in [5.41, 5.74) is 2.83. The van der Waals surface area contributed by atoms with E-state index >= 15 is 0 Å². The van der Waals surface area contributed by atoms with E-state index in [1.807, 2.05) is 76.5 Å². The van der Waals surface area contributed by atoms with E-state index in [9.17, 15) is 4.79 Å². The van der Waals surface area contributed by atoms with Crippen LogP contribution in [0.15, 0.2) is 67.0 Å². The minimum Gasteiger partial charge on any atom is -0.493 e. The SMILES string of the molecule is COc1ccc(C2CCCN2C(=O)c2ccc(-n3cccc3)cc2)cc1OC. The summed E-state index contributed by atoms with van der Waals surface area (Å²) in [6.07, 6.45) is 5.92. The van der Waals surface area contributed by atoms with Crippen molar-refractivity contribution in [3.63, 3.8) is 0 Å². The van der Waals surface area contributed by atoms with Gasteiger partial charge >= 0.3 is 0 Å². The quantitative estimate of drug-likeness (QED) is 0.660. The molecule has 1 aliphatic rings. The summed E-state index contributed by atoms with van der Waals surface area (Å²) in [6.45, 7) is 0.761. The average Bonchev–Trinajstić information content (AvgIpc) is 3.45. The third kappa shape index (κ3) is 3.36. The molecular formula is C23H24N2O3. The van der Waals surface area contributed by atoms with Crippen LogP contribution in [0.4, 0.5) is 0 Å². The van der Waals surface area contributed by atoms with Gasteiger partial charge in [0.1, 0.15) is 0 Å². The molecule has 3 aromatic rings.